The summed E-state index contributed by atoms with van der Waals surface area (Å²) >= 11 is 18.4. The smallest absolute Gasteiger partial charge is 0.0627 e. The fraction of sp³-hybridized carbons (Fsp3) is 0.143. The lowest BCUT2D eigenvalue weighted by Crippen LogP contribution is -1.94. The van der Waals surface area contributed by atoms with E-state index < -0.39 is 0 Å². The lowest BCUT2D eigenvalue weighted by Gasteiger charge is -2.10. The van der Waals surface area contributed by atoms with Crippen LogP contribution in [-0.4, -0.2) is 0 Å². The van der Waals surface area contributed by atoms with Crippen LogP contribution in [0.1, 0.15) is 16.7 Å². The van der Waals surface area contributed by atoms with Gasteiger partial charge in [-0.2, -0.15) is 0 Å². The molecular weight excluding hydrogens is 275 g/mol. The van der Waals surface area contributed by atoms with E-state index in [4.69, 9.17) is 34.8 Å². The van der Waals surface area contributed by atoms with E-state index in [0.29, 0.717) is 16.5 Å². The van der Waals surface area contributed by atoms with E-state index >= 15 is 0 Å². The molecule has 3 heteroatoms. The highest BCUT2D eigenvalue weighted by Gasteiger charge is 2.09. The fourth-order valence-electron chi connectivity index (χ4n) is 1.77. The van der Waals surface area contributed by atoms with Crippen LogP contribution in [0.5, 0.6) is 0 Å². The Bertz CT molecular complexity index is 527. The van der Waals surface area contributed by atoms with Gasteiger partial charge in [-0.05, 0) is 35.7 Å². The van der Waals surface area contributed by atoms with Crippen LogP contribution >= 0.6 is 34.8 Å². The second-order valence-corrected chi connectivity index (χ2v) is 5.12. The Hall–Kier alpha value is -0.690. The van der Waals surface area contributed by atoms with Crippen molar-refractivity contribution >= 4 is 34.8 Å². The molecule has 17 heavy (non-hydrogen) atoms. The third-order valence-corrected chi connectivity index (χ3v) is 3.96. The first kappa shape index (κ1) is 12.8. The normalized spacial score (nSPS) is 10.6. The zero-order chi connectivity index (χ0) is 12.4. The molecule has 0 unspecified atom stereocenters. The summed E-state index contributed by atoms with van der Waals surface area (Å²) in [5, 5.41) is 1.95. The van der Waals surface area contributed by atoms with Crippen molar-refractivity contribution in [3.05, 3.63) is 68.2 Å². The van der Waals surface area contributed by atoms with Crippen LogP contribution in [0.4, 0.5) is 0 Å². The Morgan fingerprint density at radius 3 is 2.24 bits per heavy atom. The maximum Gasteiger partial charge on any atom is 0.0627 e. The molecule has 2 aromatic rings. The molecule has 2 rings (SSSR count). The molecule has 0 N–H and O–H groups in total. The molecule has 0 saturated carbocycles. The van der Waals surface area contributed by atoms with Gasteiger partial charge < -0.3 is 0 Å². The molecule has 0 aromatic heterocycles. The third-order valence-electron chi connectivity index (χ3n) is 2.75. The zero-order valence-corrected chi connectivity index (χ0v) is 11.6. The molecule has 0 heterocycles. The summed E-state index contributed by atoms with van der Waals surface area (Å²) in [4.78, 5) is 0. The van der Waals surface area contributed by atoms with E-state index in [2.05, 4.69) is 0 Å². The average Bonchev–Trinajstić information content (AvgIpc) is 2.29. The summed E-state index contributed by atoms with van der Waals surface area (Å²) in [5.41, 5.74) is 3.25. The van der Waals surface area contributed by atoms with Gasteiger partial charge in [0.1, 0.15) is 0 Å². The predicted octanol–water partition coefficient (Wildman–Crippen LogP) is 5.55. The highest BCUT2D eigenvalue weighted by atomic mass is 35.5. The number of rotatable bonds is 2. The molecule has 0 spiro atoms. The summed E-state index contributed by atoms with van der Waals surface area (Å²) in [6.07, 6.45) is 0.699. The number of hydrogen-bond acceptors (Lipinski definition) is 0. The minimum Gasteiger partial charge on any atom is -0.0840 e. The number of hydrogen-bond donors (Lipinski definition) is 0. The van der Waals surface area contributed by atoms with Crippen molar-refractivity contribution < 1.29 is 0 Å². The van der Waals surface area contributed by atoms with Gasteiger partial charge in [-0.1, -0.05) is 59.1 Å². The molecule has 0 radical (unpaired) electrons. The number of aryl methyl sites for hydroxylation is 1. The molecule has 0 atom stereocenters. The van der Waals surface area contributed by atoms with Crippen LogP contribution in [0, 0.1) is 6.92 Å². The Balaban J connectivity index is 2.42. The van der Waals surface area contributed by atoms with Gasteiger partial charge in [-0.15, -0.1) is 0 Å². The molecule has 0 fully saturated rings. The first-order chi connectivity index (χ1) is 8.09. The Kier molecular flexibility index (Phi) is 3.98. The monoisotopic (exact) mass is 284 g/mol. The first-order valence-electron chi connectivity index (χ1n) is 5.26. The van der Waals surface area contributed by atoms with Crippen LogP contribution < -0.4 is 0 Å². The molecule has 0 amide bonds. The van der Waals surface area contributed by atoms with E-state index in [9.17, 15) is 0 Å². The Morgan fingerprint density at radius 2 is 1.53 bits per heavy atom. The van der Waals surface area contributed by atoms with Crippen molar-refractivity contribution in [2.75, 3.05) is 0 Å². The van der Waals surface area contributed by atoms with Crippen LogP contribution in [0.2, 0.25) is 15.1 Å². The first-order valence-corrected chi connectivity index (χ1v) is 6.40. The summed E-state index contributed by atoms with van der Waals surface area (Å²) < 4.78 is 0. The molecule has 0 nitrogen and oxygen atoms in total. The Morgan fingerprint density at radius 1 is 0.882 bits per heavy atom. The molecule has 0 aliphatic carbocycles. The quantitative estimate of drug-likeness (QED) is 0.679. The van der Waals surface area contributed by atoms with Gasteiger partial charge in [0.05, 0.1) is 10.0 Å². The summed E-state index contributed by atoms with van der Waals surface area (Å²) in [6.45, 7) is 2.04. The molecule has 0 aliphatic heterocycles. The zero-order valence-electron chi connectivity index (χ0n) is 9.31. The van der Waals surface area contributed by atoms with Gasteiger partial charge in [-0.3, -0.25) is 0 Å². The highest BCUT2D eigenvalue weighted by Crippen LogP contribution is 2.30. The summed E-state index contributed by atoms with van der Waals surface area (Å²) in [6, 6.07) is 11.5. The molecule has 2 aromatic carbocycles. The summed E-state index contributed by atoms with van der Waals surface area (Å²) in [7, 11) is 0. The van der Waals surface area contributed by atoms with E-state index in [-0.39, 0.29) is 0 Å². The molecule has 0 saturated heterocycles. The van der Waals surface area contributed by atoms with E-state index in [0.717, 1.165) is 21.7 Å². The van der Waals surface area contributed by atoms with Crippen LogP contribution in [0.15, 0.2) is 36.4 Å². The van der Waals surface area contributed by atoms with Crippen molar-refractivity contribution in [2.24, 2.45) is 0 Å². The average molecular weight is 286 g/mol. The summed E-state index contributed by atoms with van der Waals surface area (Å²) in [5.74, 6) is 0. The van der Waals surface area contributed by atoms with Crippen LogP contribution in [-0.2, 0) is 6.42 Å². The predicted molar refractivity (Wildman–Crippen MR) is 75.5 cm³/mol. The van der Waals surface area contributed by atoms with Crippen LogP contribution in [0.25, 0.3) is 0 Å². The van der Waals surface area contributed by atoms with E-state index in [1.54, 1.807) is 6.07 Å². The highest BCUT2D eigenvalue weighted by molar-refractivity contribution is 6.42. The maximum atomic E-state index is 6.20. The Labute approximate surface area is 116 Å². The van der Waals surface area contributed by atoms with Gasteiger partial charge in [0.2, 0.25) is 0 Å². The van der Waals surface area contributed by atoms with Crippen molar-refractivity contribution in [1.29, 1.82) is 0 Å². The molecule has 0 aliphatic rings. The van der Waals surface area contributed by atoms with E-state index in [1.807, 2.05) is 37.3 Å². The van der Waals surface area contributed by atoms with Crippen molar-refractivity contribution in [3.8, 4) is 0 Å². The maximum absolute atomic E-state index is 6.20. The van der Waals surface area contributed by atoms with Gasteiger partial charge >= 0.3 is 0 Å². The van der Waals surface area contributed by atoms with Gasteiger partial charge in [-0.25, -0.2) is 0 Å². The lowest BCUT2D eigenvalue weighted by molar-refractivity contribution is 1.16. The SMILES string of the molecule is Cc1cccc(Cl)c1Cc1cccc(Cl)c1Cl. The second kappa shape index (κ2) is 5.30. The van der Waals surface area contributed by atoms with Crippen molar-refractivity contribution in [2.45, 2.75) is 13.3 Å². The van der Waals surface area contributed by atoms with Gasteiger partial charge in [0, 0.05) is 11.4 Å². The van der Waals surface area contributed by atoms with Crippen LogP contribution in [0.3, 0.4) is 0 Å². The van der Waals surface area contributed by atoms with Gasteiger partial charge in [0.15, 0.2) is 0 Å². The number of halogens is 3. The molecule has 0 bridgehead atoms. The van der Waals surface area contributed by atoms with Crippen molar-refractivity contribution in [3.63, 3.8) is 0 Å². The molecule has 88 valence electrons. The van der Waals surface area contributed by atoms with Crippen molar-refractivity contribution in [1.82, 2.24) is 0 Å². The fourth-order valence-corrected chi connectivity index (χ4v) is 2.44. The number of benzene rings is 2. The topological polar surface area (TPSA) is 0 Å². The van der Waals surface area contributed by atoms with Gasteiger partial charge in [0.25, 0.3) is 0 Å². The molecular formula is C14H11Cl3. The lowest BCUT2D eigenvalue weighted by atomic mass is 10.0. The minimum atomic E-state index is 0.578. The van der Waals surface area contributed by atoms with E-state index in [1.165, 1.54) is 0 Å². The third kappa shape index (κ3) is 2.77. The standard InChI is InChI=1S/C14H11Cl3/c1-9-4-2-6-12(15)11(9)8-10-5-3-7-13(16)14(10)17/h2-7H,8H2,1H3. The largest absolute Gasteiger partial charge is 0.0840 e. The minimum absolute atomic E-state index is 0.578. The second-order valence-electron chi connectivity index (χ2n) is 3.93.